The van der Waals surface area contributed by atoms with E-state index in [9.17, 15) is 17.6 Å². The number of ether oxygens (including phenoxy) is 1. The van der Waals surface area contributed by atoms with Crippen LogP contribution in [0.15, 0.2) is 34.0 Å². The van der Waals surface area contributed by atoms with Gasteiger partial charge in [-0.25, -0.2) is 22.2 Å². The fourth-order valence-corrected chi connectivity index (χ4v) is 4.08. The molecular weight excluding hydrogens is 373 g/mol. The van der Waals surface area contributed by atoms with Crippen molar-refractivity contribution < 1.29 is 17.5 Å². The maximum atomic E-state index is 13.9. The summed E-state index contributed by atoms with van der Waals surface area (Å²) in [5, 5.41) is 4.34. The second-order valence-corrected chi connectivity index (χ2v) is 8.07. The summed E-state index contributed by atoms with van der Waals surface area (Å²) >= 11 is 0. The van der Waals surface area contributed by atoms with Crippen LogP contribution in [0, 0.1) is 5.82 Å². The number of sulfonamides is 1. The first-order valence-electron chi connectivity index (χ1n) is 8.92. The fourth-order valence-electron chi connectivity index (χ4n) is 3.05. The van der Waals surface area contributed by atoms with E-state index in [1.807, 2.05) is 0 Å². The first-order valence-corrected chi connectivity index (χ1v) is 10.4. The van der Waals surface area contributed by atoms with Gasteiger partial charge >= 0.3 is 0 Å². The number of hydrogen-bond donors (Lipinski definition) is 1. The molecule has 27 heavy (non-hydrogen) atoms. The second kappa shape index (κ2) is 8.18. The molecule has 1 heterocycles. The summed E-state index contributed by atoms with van der Waals surface area (Å²) in [6, 6.07) is 5.05. The zero-order chi connectivity index (χ0) is 19.4. The van der Waals surface area contributed by atoms with Gasteiger partial charge in [0, 0.05) is 12.6 Å². The number of halogens is 1. The van der Waals surface area contributed by atoms with Gasteiger partial charge < -0.3 is 4.74 Å². The Bertz CT molecular complexity index is 989. The number of nitrogens with one attached hydrogen (secondary N) is 1. The molecule has 0 bridgehead atoms. The smallest absolute Gasteiger partial charge is 0.267 e. The predicted molar refractivity (Wildman–Crippen MR) is 97.9 cm³/mol. The third-order valence-electron chi connectivity index (χ3n) is 4.40. The van der Waals surface area contributed by atoms with Gasteiger partial charge in [0.25, 0.3) is 5.56 Å². The van der Waals surface area contributed by atoms with Crippen molar-refractivity contribution in [3.8, 4) is 5.75 Å². The first-order chi connectivity index (χ1) is 12.9. The van der Waals surface area contributed by atoms with Crippen LogP contribution in [-0.2, 0) is 29.4 Å². The summed E-state index contributed by atoms with van der Waals surface area (Å²) < 4.78 is 47.3. The molecule has 0 unspecified atom stereocenters. The third-order valence-corrected chi connectivity index (χ3v) is 5.86. The Balaban J connectivity index is 1.68. The maximum Gasteiger partial charge on any atom is 0.267 e. The lowest BCUT2D eigenvalue weighted by atomic mass is 9.97. The number of aryl methyl sites for hydroxylation is 2. The monoisotopic (exact) mass is 395 g/mol. The van der Waals surface area contributed by atoms with Crippen LogP contribution in [0.1, 0.15) is 31.0 Å². The molecule has 0 radical (unpaired) electrons. The van der Waals surface area contributed by atoms with E-state index in [0.29, 0.717) is 0 Å². The largest absolute Gasteiger partial charge is 0.491 e. The molecule has 0 saturated heterocycles. The van der Waals surface area contributed by atoms with Crippen LogP contribution in [-0.4, -0.2) is 31.3 Å². The Morgan fingerprint density at radius 2 is 2.04 bits per heavy atom. The topological polar surface area (TPSA) is 90.3 Å². The van der Waals surface area contributed by atoms with E-state index >= 15 is 0 Å². The predicted octanol–water partition coefficient (Wildman–Crippen LogP) is 1.64. The molecule has 2 aromatic rings. The van der Waals surface area contributed by atoms with Gasteiger partial charge in [0.05, 0.1) is 23.7 Å². The Morgan fingerprint density at radius 3 is 2.78 bits per heavy atom. The van der Waals surface area contributed by atoms with Gasteiger partial charge in [0.15, 0.2) is 11.6 Å². The summed E-state index contributed by atoms with van der Waals surface area (Å²) in [6.07, 6.45) is 3.77. The Morgan fingerprint density at radius 1 is 1.26 bits per heavy atom. The van der Waals surface area contributed by atoms with Crippen molar-refractivity contribution in [3.63, 3.8) is 0 Å². The molecule has 0 saturated carbocycles. The number of nitrogens with zero attached hydrogens (tertiary/aromatic N) is 2. The second-order valence-electron chi connectivity index (χ2n) is 6.31. The van der Waals surface area contributed by atoms with E-state index in [4.69, 9.17) is 4.74 Å². The zero-order valence-corrected chi connectivity index (χ0v) is 15.9. The fraction of sp³-hybridized carbons (Fsp3) is 0.444. The highest BCUT2D eigenvalue weighted by Gasteiger charge is 2.17. The summed E-state index contributed by atoms with van der Waals surface area (Å²) in [5.74, 6) is -0.742. The Kier molecular flexibility index (Phi) is 5.91. The third kappa shape index (κ3) is 4.54. The molecule has 0 amide bonds. The molecule has 9 heteroatoms. The lowest BCUT2D eigenvalue weighted by molar-refractivity contribution is 0.321. The number of fused-ring (bicyclic) bond motifs is 1. The normalized spacial score (nSPS) is 14.0. The summed E-state index contributed by atoms with van der Waals surface area (Å²) in [4.78, 5) is 11.9. The summed E-state index contributed by atoms with van der Waals surface area (Å²) in [7, 11) is -3.90. The molecule has 3 rings (SSSR count). The van der Waals surface area contributed by atoms with Crippen molar-refractivity contribution in [1.82, 2.24) is 14.5 Å². The van der Waals surface area contributed by atoms with Gasteiger partial charge in [-0.05, 0) is 56.4 Å². The van der Waals surface area contributed by atoms with Crippen LogP contribution in [0.25, 0.3) is 0 Å². The molecule has 0 aliphatic heterocycles. The Hall–Kier alpha value is -2.26. The van der Waals surface area contributed by atoms with E-state index in [-0.39, 0.29) is 35.9 Å². The van der Waals surface area contributed by atoms with Crippen molar-refractivity contribution in [1.29, 1.82) is 0 Å². The summed E-state index contributed by atoms with van der Waals surface area (Å²) in [5.41, 5.74) is 1.63. The van der Waals surface area contributed by atoms with Crippen LogP contribution in [0.5, 0.6) is 5.75 Å². The standard InChI is InChI=1S/C18H22FN3O4S/c1-2-26-17-8-7-14(12-15(17)19)27(24,25)20-9-10-22-18(23)11-13-5-3-4-6-16(13)21-22/h7-8,11-12,20H,2-6,9-10H2,1H3. The Labute approximate surface area is 157 Å². The minimum absolute atomic E-state index is 0.00117. The number of aromatic nitrogens is 2. The van der Waals surface area contributed by atoms with E-state index in [2.05, 4.69) is 9.82 Å². The SMILES string of the molecule is CCOc1ccc(S(=O)(=O)NCCn2nc3c(cc2=O)CCCC3)cc1F. The van der Waals surface area contributed by atoms with E-state index in [1.165, 1.54) is 16.8 Å². The minimum Gasteiger partial charge on any atom is -0.491 e. The van der Waals surface area contributed by atoms with Crippen LogP contribution >= 0.6 is 0 Å². The number of hydrogen-bond acceptors (Lipinski definition) is 5. The van der Waals surface area contributed by atoms with E-state index < -0.39 is 15.8 Å². The molecule has 1 aliphatic carbocycles. The minimum atomic E-state index is -3.90. The average Bonchev–Trinajstić information content (AvgIpc) is 2.63. The lowest BCUT2D eigenvalue weighted by Crippen LogP contribution is -2.33. The average molecular weight is 395 g/mol. The molecule has 1 N–H and O–H groups in total. The van der Waals surface area contributed by atoms with E-state index in [0.717, 1.165) is 43.0 Å². The van der Waals surface area contributed by atoms with Gasteiger partial charge in [0.1, 0.15) is 0 Å². The zero-order valence-electron chi connectivity index (χ0n) is 15.1. The molecule has 0 atom stereocenters. The highest BCUT2D eigenvalue weighted by Crippen LogP contribution is 2.21. The van der Waals surface area contributed by atoms with Crippen molar-refractivity contribution in [3.05, 3.63) is 51.7 Å². The maximum absolute atomic E-state index is 13.9. The van der Waals surface area contributed by atoms with Crippen molar-refractivity contribution >= 4 is 10.0 Å². The molecule has 1 aromatic heterocycles. The summed E-state index contributed by atoms with van der Waals surface area (Å²) in [6.45, 7) is 2.07. The van der Waals surface area contributed by atoms with Crippen molar-refractivity contribution in [2.45, 2.75) is 44.0 Å². The van der Waals surface area contributed by atoms with E-state index in [1.54, 1.807) is 13.0 Å². The van der Waals surface area contributed by atoms with Gasteiger partial charge in [-0.3, -0.25) is 4.79 Å². The first kappa shape index (κ1) is 19.5. The molecule has 7 nitrogen and oxygen atoms in total. The van der Waals surface area contributed by atoms with Gasteiger partial charge in [-0.1, -0.05) is 0 Å². The van der Waals surface area contributed by atoms with Crippen LogP contribution < -0.4 is 15.0 Å². The van der Waals surface area contributed by atoms with Gasteiger partial charge in [0.2, 0.25) is 10.0 Å². The highest BCUT2D eigenvalue weighted by atomic mass is 32.2. The lowest BCUT2D eigenvalue weighted by Gasteiger charge is -2.16. The molecule has 146 valence electrons. The quantitative estimate of drug-likeness (QED) is 0.770. The number of benzene rings is 1. The van der Waals surface area contributed by atoms with Gasteiger partial charge in [-0.15, -0.1) is 0 Å². The van der Waals surface area contributed by atoms with Crippen LogP contribution in [0.2, 0.25) is 0 Å². The molecular formula is C18H22FN3O4S. The molecule has 1 aliphatic rings. The van der Waals surface area contributed by atoms with Crippen molar-refractivity contribution in [2.75, 3.05) is 13.2 Å². The highest BCUT2D eigenvalue weighted by molar-refractivity contribution is 7.89. The number of rotatable bonds is 7. The molecule has 1 aromatic carbocycles. The molecule has 0 spiro atoms. The van der Waals surface area contributed by atoms with Crippen LogP contribution in [0.3, 0.4) is 0 Å². The molecule has 0 fully saturated rings. The van der Waals surface area contributed by atoms with Crippen molar-refractivity contribution in [2.24, 2.45) is 0 Å². The van der Waals surface area contributed by atoms with Gasteiger partial charge in [-0.2, -0.15) is 5.10 Å². The van der Waals surface area contributed by atoms with Crippen LogP contribution in [0.4, 0.5) is 4.39 Å².